The zero-order valence-corrected chi connectivity index (χ0v) is 12.0. The van der Waals surface area contributed by atoms with Crippen LogP contribution >= 0.6 is 0 Å². The van der Waals surface area contributed by atoms with Crippen molar-refractivity contribution in [1.82, 2.24) is 20.3 Å². The van der Waals surface area contributed by atoms with E-state index in [1.165, 1.54) is 0 Å². The van der Waals surface area contributed by atoms with Crippen LogP contribution in [0.25, 0.3) is 0 Å². The molecule has 1 aromatic carbocycles. The number of hydrogen-bond acceptors (Lipinski definition) is 5. The summed E-state index contributed by atoms with van der Waals surface area (Å²) in [6.07, 6.45) is 2.28. The van der Waals surface area contributed by atoms with Gasteiger partial charge in [-0.05, 0) is 18.1 Å². The largest absolute Gasteiger partial charge is 0.496 e. The van der Waals surface area contributed by atoms with Crippen LogP contribution in [0.1, 0.15) is 16.1 Å². The average Bonchev–Trinajstić information content (AvgIpc) is 2.97. The molecule has 0 aliphatic heterocycles. The van der Waals surface area contributed by atoms with Gasteiger partial charge in [0.15, 0.2) is 5.69 Å². The molecule has 0 aliphatic rings. The molecule has 0 saturated heterocycles. The average molecular weight is 289 g/mol. The molecule has 2 aromatic rings. The van der Waals surface area contributed by atoms with Crippen molar-refractivity contribution >= 4 is 5.91 Å². The Hall–Kier alpha value is -2.41. The van der Waals surface area contributed by atoms with E-state index in [9.17, 15) is 4.79 Å². The van der Waals surface area contributed by atoms with E-state index in [0.717, 1.165) is 11.3 Å². The molecule has 2 rings (SSSR count). The van der Waals surface area contributed by atoms with Gasteiger partial charge < -0.3 is 15.8 Å². The quantitative estimate of drug-likeness (QED) is 0.760. The van der Waals surface area contributed by atoms with Crippen LogP contribution in [0.2, 0.25) is 0 Å². The summed E-state index contributed by atoms with van der Waals surface area (Å²) in [5.74, 6) is 0.578. The van der Waals surface area contributed by atoms with E-state index in [-0.39, 0.29) is 5.91 Å². The smallest absolute Gasteiger partial charge is 0.273 e. The molecule has 0 saturated carbocycles. The monoisotopic (exact) mass is 289 g/mol. The second kappa shape index (κ2) is 7.39. The van der Waals surface area contributed by atoms with Crippen LogP contribution in [-0.4, -0.2) is 41.1 Å². The van der Waals surface area contributed by atoms with E-state index in [1.54, 1.807) is 18.0 Å². The van der Waals surface area contributed by atoms with Crippen molar-refractivity contribution < 1.29 is 9.53 Å². The number of amides is 1. The second-order valence-corrected chi connectivity index (χ2v) is 4.47. The summed E-state index contributed by atoms with van der Waals surface area (Å²) in [6, 6.07) is 7.73. The molecule has 0 aliphatic carbocycles. The third-order valence-corrected chi connectivity index (χ3v) is 3.00. The highest BCUT2D eigenvalue weighted by Gasteiger charge is 2.10. The molecule has 0 fully saturated rings. The van der Waals surface area contributed by atoms with Gasteiger partial charge in [-0.1, -0.05) is 23.4 Å². The van der Waals surface area contributed by atoms with Gasteiger partial charge in [-0.2, -0.15) is 0 Å². The van der Waals surface area contributed by atoms with Crippen molar-refractivity contribution in [2.45, 2.75) is 13.0 Å². The summed E-state index contributed by atoms with van der Waals surface area (Å²) in [4.78, 5) is 11.9. The third kappa shape index (κ3) is 4.03. The Morgan fingerprint density at radius 1 is 1.43 bits per heavy atom. The van der Waals surface area contributed by atoms with Gasteiger partial charge in [-0.25, -0.2) is 0 Å². The number of para-hydroxylation sites is 1. The van der Waals surface area contributed by atoms with Crippen LogP contribution in [0.15, 0.2) is 30.5 Å². The first-order valence-corrected chi connectivity index (χ1v) is 6.75. The molecule has 112 valence electrons. The fourth-order valence-electron chi connectivity index (χ4n) is 1.95. The number of benzene rings is 1. The Bertz CT molecular complexity index is 597. The number of rotatable bonds is 7. The summed E-state index contributed by atoms with van der Waals surface area (Å²) < 4.78 is 6.82. The van der Waals surface area contributed by atoms with Crippen LogP contribution in [0.3, 0.4) is 0 Å². The van der Waals surface area contributed by atoms with E-state index in [0.29, 0.717) is 31.7 Å². The number of nitrogens with two attached hydrogens (primary N) is 1. The van der Waals surface area contributed by atoms with Crippen LogP contribution in [0.5, 0.6) is 5.75 Å². The van der Waals surface area contributed by atoms with Crippen molar-refractivity contribution in [3.63, 3.8) is 0 Å². The van der Waals surface area contributed by atoms with Crippen molar-refractivity contribution in [3.05, 3.63) is 41.7 Å². The predicted octanol–water partition coefficient (Wildman–Crippen LogP) is 0.218. The minimum atomic E-state index is -0.242. The van der Waals surface area contributed by atoms with Gasteiger partial charge in [0.2, 0.25) is 0 Å². The summed E-state index contributed by atoms with van der Waals surface area (Å²) >= 11 is 0. The number of hydrogen-bond donors (Lipinski definition) is 2. The van der Waals surface area contributed by atoms with Gasteiger partial charge in [0.1, 0.15) is 5.75 Å². The van der Waals surface area contributed by atoms with Gasteiger partial charge in [0.25, 0.3) is 5.91 Å². The molecule has 0 bridgehead atoms. The Kier molecular flexibility index (Phi) is 5.28. The fourth-order valence-corrected chi connectivity index (χ4v) is 1.95. The van der Waals surface area contributed by atoms with Crippen LogP contribution < -0.4 is 15.8 Å². The van der Waals surface area contributed by atoms with Crippen molar-refractivity contribution in [1.29, 1.82) is 0 Å². The number of carbonyl (C=O) groups is 1. The summed E-state index contributed by atoms with van der Waals surface area (Å²) in [7, 11) is 1.63. The molecular weight excluding hydrogens is 270 g/mol. The van der Waals surface area contributed by atoms with Gasteiger partial charge in [-0.3, -0.25) is 9.48 Å². The van der Waals surface area contributed by atoms with Crippen molar-refractivity contribution in [3.8, 4) is 5.75 Å². The van der Waals surface area contributed by atoms with Crippen molar-refractivity contribution in [2.75, 3.05) is 20.2 Å². The van der Waals surface area contributed by atoms with Gasteiger partial charge in [0, 0.05) is 13.1 Å². The van der Waals surface area contributed by atoms with E-state index in [2.05, 4.69) is 15.6 Å². The molecule has 0 unspecified atom stereocenters. The molecule has 1 heterocycles. The number of methoxy groups -OCH3 is 1. The highest BCUT2D eigenvalue weighted by Crippen LogP contribution is 2.17. The molecular formula is C14H19N5O2. The highest BCUT2D eigenvalue weighted by atomic mass is 16.5. The molecule has 7 nitrogen and oxygen atoms in total. The first-order valence-electron chi connectivity index (χ1n) is 6.75. The molecule has 0 radical (unpaired) electrons. The Labute approximate surface area is 123 Å². The standard InChI is InChI=1S/C14H19N5O2/c1-21-13-5-3-2-4-11(13)6-8-16-14(20)12-10-19(9-7-15)18-17-12/h2-5,10H,6-9,15H2,1H3,(H,16,20). The lowest BCUT2D eigenvalue weighted by atomic mass is 10.1. The number of nitrogens with zero attached hydrogens (tertiary/aromatic N) is 3. The van der Waals surface area contributed by atoms with Crippen molar-refractivity contribution in [2.24, 2.45) is 5.73 Å². The first-order chi connectivity index (χ1) is 10.2. The van der Waals surface area contributed by atoms with E-state index in [4.69, 9.17) is 10.5 Å². The molecule has 0 spiro atoms. The molecule has 1 aromatic heterocycles. The lowest BCUT2D eigenvalue weighted by molar-refractivity contribution is 0.0949. The Morgan fingerprint density at radius 3 is 3.00 bits per heavy atom. The number of ether oxygens (including phenoxy) is 1. The zero-order valence-electron chi connectivity index (χ0n) is 12.0. The normalized spacial score (nSPS) is 10.4. The maximum Gasteiger partial charge on any atom is 0.273 e. The summed E-state index contributed by atoms with van der Waals surface area (Å²) in [6.45, 7) is 1.50. The minimum Gasteiger partial charge on any atom is -0.496 e. The Morgan fingerprint density at radius 2 is 2.24 bits per heavy atom. The van der Waals surface area contributed by atoms with E-state index < -0.39 is 0 Å². The number of carbonyl (C=O) groups excluding carboxylic acids is 1. The number of aromatic nitrogens is 3. The third-order valence-electron chi connectivity index (χ3n) is 3.00. The first kappa shape index (κ1) is 15.0. The lowest BCUT2D eigenvalue weighted by Crippen LogP contribution is -2.26. The lowest BCUT2D eigenvalue weighted by Gasteiger charge is -2.08. The van der Waals surface area contributed by atoms with Gasteiger partial charge in [-0.15, -0.1) is 5.10 Å². The topological polar surface area (TPSA) is 95.1 Å². The summed E-state index contributed by atoms with van der Waals surface area (Å²) in [5, 5.41) is 10.5. The van der Waals surface area contributed by atoms with Crippen LogP contribution in [0.4, 0.5) is 0 Å². The van der Waals surface area contributed by atoms with Crippen LogP contribution in [0, 0.1) is 0 Å². The predicted molar refractivity (Wildman–Crippen MR) is 78.1 cm³/mol. The number of nitrogens with one attached hydrogen (secondary N) is 1. The van der Waals surface area contributed by atoms with E-state index in [1.807, 2.05) is 24.3 Å². The SMILES string of the molecule is COc1ccccc1CCNC(=O)c1cn(CCN)nn1. The van der Waals surface area contributed by atoms with Gasteiger partial charge >= 0.3 is 0 Å². The molecule has 3 N–H and O–H groups in total. The Balaban J connectivity index is 1.86. The summed E-state index contributed by atoms with van der Waals surface area (Å²) in [5.41, 5.74) is 6.76. The maximum absolute atomic E-state index is 11.9. The fraction of sp³-hybridized carbons (Fsp3) is 0.357. The maximum atomic E-state index is 11.9. The molecule has 0 atom stereocenters. The van der Waals surface area contributed by atoms with Crippen LogP contribution in [-0.2, 0) is 13.0 Å². The minimum absolute atomic E-state index is 0.242. The highest BCUT2D eigenvalue weighted by molar-refractivity contribution is 5.91. The molecule has 21 heavy (non-hydrogen) atoms. The van der Waals surface area contributed by atoms with Gasteiger partial charge in [0.05, 0.1) is 19.9 Å². The molecule has 1 amide bonds. The van der Waals surface area contributed by atoms with E-state index >= 15 is 0 Å². The molecule has 7 heteroatoms. The zero-order chi connectivity index (χ0) is 15.1. The second-order valence-electron chi connectivity index (χ2n) is 4.47.